The van der Waals surface area contributed by atoms with Crippen LogP contribution >= 0.6 is 0 Å². The molecule has 1 N–H and O–H groups in total. The summed E-state index contributed by atoms with van der Waals surface area (Å²) in [6, 6.07) is 8.07. The second-order valence-electron chi connectivity index (χ2n) is 3.95. The van der Waals surface area contributed by atoms with Gasteiger partial charge in [-0.15, -0.1) is 0 Å². The molecule has 4 nitrogen and oxygen atoms in total. The van der Waals surface area contributed by atoms with Gasteiger partial charge in [-0.25, -0.2) is 4.98 Å². The smallest absolute Gasteiger partial charge is 0.119 e. The molecule has 0 fully saturated rings. The Morgan fingerprint density at radius 3 is 2.94 bits per heavy atom. The van der Waals surface area contributed by atoms with Crippen LogP contribution in [0, 0.1) is 0 Å². The Morgan fingerprint density at radius 1 is 1.35 bits per heavy atom. The van der Waals surface area contributed by atoms with Crippen LogP contribution in [0.2, 0.25) is 0 Å². The summed E-state index contributed by atoms with van der Waals surface area (Å²) in [6.45, 7) is 1.64. The molecule has 0 bridgehead atoms. The highest BCUT2D eigenvalue weighted by Crippen LogP contribution is 2.12. The second-order valence-corrected chi connectivity index (χ2v) is 3.95. The number of aromatic nitrogens is 2. The van der Waals surface area contributed by atoms with E-state index in [4.69, 9.17) is 4.74 Å². The van der Waals surface area contributed by atoms with E-state index in [2.05, 4.69) is 16.4 Å². The van der Waals surface area contributed by atoms with E-state index in [1.54, 1.807) is 7.11 Å². The standard InChI is InChI=1S/C13H17N3O/c1-16-10-15-9-12(16)8-14-7-11-4-3-5-13(6-11)17-2/h3-6,9-10,14H,7-8H2,1-2H3. The van der Waals surface area contributed by atoms with Crippen molar-refractivity contribution in [3.63, 3.8) is 0 Å². The Labute approximate surface area is 101 Å². The summed E-state index contributed by atoms with van der Waals surface area (Å²) in [5, 5.41) is 3.38. The molecule has 0 saturated heterocycles. The van der Waals surface area contributed by atoms with Crippen molar-refractivity contribution < 1.29 is 4.74 Å². The predicted molar refractivity (Wildman–Crippen MR) is 66.7 cm³/mol. The number of methoxy groups -OCH3 is 1. The summed E-state index contributed by atoms with van der Waals surface area (Å²) in [6.07, 6.45) is 3.68. The van der Waals surface area contributed by atoms with Gasteiger partial charge in [0.15, 0.2) is 0 Å². The maximum Gasteiger partial charge on any atom is 0.119 e. The molecule has 2 rings (SSSR count). The van der Waals surface area contributed by atoms with Crippen LogP contribution < -0.4 is 10.1 Å². The first kappa shape index (κ1) is 11.7. The number of nitrogens with zero attached hydrogens (tertiary/aromatic N) is 2. The van der Waals surface area contributed by atoms with Crippen molar-refractivity contribution in [2.75, 3.05) is 7.11 Å². The molecule has 0 aliphatic carbocycles. The molecular weight excluding hydrogens is 214 g/mol. The van der Waals surface area contributed by atoms with Gasteiger partial charge in [-0.05, 0) is 17.7 Å². The Kier molecular flexibility index (Phi) is 3.77. The minimum absolute atomic E-state index is 0.813. The third-order valence-corrected chi connectivity index (χ3v) is 2.69. The van der Waals surface area contributed by atoms with Crippen molar-refractivity contribution in [2.24, 2.45) is 7.05 Å². The van der Waals surface area contributed by atoms with E-state index in [0.717, 1.165) is 18.8 Å². The van der Waals surface area contributed by atoms with Crippen LogP contribution in [0.5, 0.6) is 5.75 Å². The summed E-state index contributed by atoms with van der Waals surface area (Å²) < 4.78 is 7.20. The first-order valence-corrected chi connectivity index (χ1v) is 5.58. The first-order valence-electron chi connectivity index (χ1n) is 5.58. The summed E-state index contributed by atoms with van der Waals surface area (Å²) in [5.74, 6) is 0.893. The topological polar surface area (TPSA) is 39.1 Å². The molecule has 1 heterocycles. The van der Waals surface area contributed by atoms with Crippen molar-refractivity contribution in [3.8, 4) is 5.75 Å². The van der Waals surface area contributed by atoms with E-state index < -0.39 is 0 Å². The number of imidazole rings is 1. The number of aryl methyl sites for hydroxylation is 1. The molecule has 0 unspecified atom stereocenters. The van der Waals surface area contributed by atoms with Crippen molar-refractivity contribution >= 4 is 0 Å². The molecule has 1 aromatic carbocycles. The number of benzene rings is 1. The number of nitrogens with one attached hydrogen (secondary N) is 1. The molecule has 0 amide bonds. The number of hydrogen-bond acceptors (Lipinski definition) is 3. The largest absolute Gasteiger partial charge is 0.497 e. The van der Waals surface area contributed by atoms with E-state index in [0.29, 0.717) is 0 Å². The zero-order chi connectivity index (χ0) is 12.1. The van der Waals surface area contributed by atoms with Crippen LogP contribution in [0.3, 0.4) is 0 Å². The van der Waals surface area contributed by atoms with Crippen LogP contribution in [0.1, 0.15) is 11.3 Å². The molecule has 0 aliphatic heterocycles. The number of hydrogen-bond donors (Lipinski definition) is 1. The van der Waals surface area contributed by atoms with Crippen LogP contribution in [-0.4, -0.2) is 16.7 Å². The molecule has 0 aliphatic rings. The highest BCUT2D eigenvalue weighted by Gasteiger charge is 1.99. The number of ether oxygens (including phenoxy) is 1. The molecule has 0 atom stereocenters. The van der Waals surface area contributed by atoms with E-state index >= 15 is 0 Å². The minimum atomic E-state index is 0.813. The van der Waals surface area contributed by atoms with Crippen LogP contribution in [0.4, 0.5) is 0 Å². The van der Waals surface area contributed by atoms with Gasteiger partial charge in [0.1, 0.15) is 5.75 Å². The molecule has 4 heteroatoms. The average molecular weight is 231 g/mol. The van der Waals surface area contributed by atoms with Gasteiger partial charge in [0.2, 0.25) is 0 Å². The normalized spacial score (nSPS) is 10.5. The Hall–Kier alpha value is -1.81. The maximum absolute atomic E-state index is 5.18. The highest BCUT2D eigenvalue weighted by atomic mass is 16.5. The lowest BCUT2D eigenvalue weighted by molar-refractivity contribution is 0.414. The highest BCUT2D eigenvalue weighted by molar-refractivity contribution is 5.28. The molecular formula is C13H17N3O. The van der Waals surface area contributed by atoms with Gasteiger partial charge in [0, 0.05) is 26.3 Å². The molecule has 17 heavy (non-hydrogen) atoms. The SMILES string of the molecule is COc1cccc(CNCc2cncn2C)c1. The summed E-state index contributed by atoms with van der Waals surface area (Å²) in [5.41, 5.74) is 2.39. The third-order valence-electron chi connectivity index (χ3n) is 2.69. The maximum atomic E-state index is 5.18. The fraction of sp³-hybridized carbons (Fsp3) is 0.308. The minimum Gasteiger partial charge on any atom is -0.497 e. The van der Waals surface area contributed by atoms with E-state index in [1.807, 2.05) is 42.3 Å². The van der Waals surface area contributed by atoms with Crippen molar-refractivity contribution in [3.05, 3.63) is 48.0 Å². The van der Waals surface area contributed by atoms with Gasteiger partial charge in [-0.1, -0.05) is 12.1 Å². The van der Waals surface area contributed by atoms with Gasteiger partial charge in [-0.2, -0.15) is 0 Å². The average Bonchev–Trinajstić information content (AvgIpc) is 2.76. The quantitative estimate of drug-likeness (QED) is 0.851. The van der Waals surface area contributed by atoms with Gasteiger partial charge in [-0.3, -0.25) is 0 Å². The van der Waals surface area contributed by atoms with E-state index in [9.17, 15) is 0 Å². The molecule has 90 valence electrons. The predicted octanol–water partition coefficient (Wildman–Crippen LogP) is 1.72. The lowest BCUT2D eigenvalue weighted by atomic mass is 10.2. The molecule has 2 aromatic rings. The Balaban J connectivity index is 1.87. The monoisotopic (exact) mass is 231 g/mol. The fourth-order valence-electron chi connectivity index (χ4n) is 1.67. The first-order chi connectivity index (χ1) is 8.29. The van der Waals surface area contributed by atoms with Crippen molar-refractivity contribution in [1.29, 1.82) is 0 Å². The lowest BCUT2D eigenvalue weighted by Gasteiger charge is -2.07. The molecule has 0 saturated carbocycles. The van der Waals surface area contributed by atoms with Crippen LogP contribution in [0.15, 0.2) is 36.8 Å². The second kappa shape index (κ2) is 5.50. The van der Waals surface area contributed by atoms with Crippen LogP contribution in [0.25, 0.3) is 0 Å². The third kappa shape index (κ3) is 3.07. The zero-order valence-electron chi connectivity index (χ0n) is 10.2. The lowest BCUT2D eigenvalue weighted by Crippen LogP contribution is -2.14. The van der Waals surface area contributed by atoms with Gasteiger partial charge in [0.25, 0.3) is 0 Å². The zero-order valence-corrected chi connectivity index (χ0v) is 10.2. The van der Waals surface area contributed by atoms with Gasteiger partial charge in [0.05, 0.1) is 19.1 Å². The fourth-order valence-corrected chi connectivity index (χ4v) is 1.67. The Morgan fingerprint density at radius 2 is 2.24 bits per heavy atom. The van der Waals surface area contributed by atoms with E-state index in [1.165, 1.54) is 11.3 Å². The van der Waals surface area contributed by atoms with Crippen LogP contribution in [-0.2, 0) is 20.1 Å². The van der Waals surface area contributed by atoms with E-state index in [-0.39, 0.29) is 0 Å². The number of rotatable bonds is 5. The van der Waals surface area contributed by atoms with Gasteiger partial charge < -0.3 is 14.6 Å². The molecule has 0 spiro atoms. The van der Waals surface area contributed by atoms with Gasteiger partial charge >= 0.3 is 0 Å². The molecule has 1 aromatic heterocycles. The Bertz CT molecular complexity index is 479. The summed E-state index contributed by atoms with van der Waals surface area (Å²) >= 11 is 0. The molecule has 0 radical (unpaired) electrons. The summed E-state index contributed by atoms with van der Waals surface area (Å²) in [4.78, 5) is 4.08. The summed E-state index contributed by atoms with van der Waals surface area (Å²) in [7, 11) is 3.68. The van der Waals surface area contributed by atoms with Crippen molar-refractivity contribution in [1.82, 2.24) is 14.9 Å². The van der Waals surface area contributed by atoms with Crippen molar-refractivity contribution in [2.45, 2.75) is 13.1 Å².